The predicted octanol–water partition coefficient (Wildman–Crippen LogP) is 0.989. The van der Waals surface area contributed by atoms with Crippen LogP contribution in [0, 0.1) is 0 Å². The van der Waals surface area contributed by atoms with E-state index in [0.29, 0.717) is 26.2 Å². The average Bonchev–Trinajstić information content (AvgIpc) is 2.57. The molecule has 0 bridgehead atoms. The highest BCUT2D eigenvalue weighted by Gasteiger charge is 2.24. The summed E-state index contributed by atoms with van der Waals surface area (Å²) in [6.07, 6.45) is 1.75. The number of anilines is 1. The molecule has 22 heavy (non-hydrogen) atoms. The summed E-state index contributed by atoms with van der Waals surface area (Å²) in [6.45, 7) is 7.94. The lowest BCUT2D eigenvalue weighted by atomic mass is 10.2. The predicted molar refractivity (Wildman–Crippen MR) is 85.6 cm³/mol. The van der Waals surface area contributed by atoms with Crippen molar-refractivity contribution < 1.29 is 9.59 Å². The lowest BCUT2D eigenvalue weighted by Gasteiger charge is -2.35. The third kappa shape index (κ3) is 3.96. The second kappa shape index (κ2) is 7.77. The maximum Gasteiger partial charge on any atom is 0.232 e. The van der Waals surface area contributed by atoms with Crippen molar-refractivity contribution in [3.63, 3.8) is 0 Å². The second-order valence-electron chi connectivity index (χ2n) is 5.30. The number of hydrogen-bond acceptors (Lipinski definition) is 4. The smallest absolute Gasteiger partial charge is 0.232 e. The molecule has 0 radical (unpaired) electrons. The normalized spacial score (nSPS) is 14.8. The molecule has 0 spiro atoms. The van der Waals surface area contributed by atoms with Crippen LogP contribution in [0.25, 0.3) is 0 Å². The van der Waals surface area contributed by atoms with Crippen LogP contribution in [0.5, 0.6) is 0 Å². The summed E-state index contributed by atoms with van der Waals surface area (Å²) in [5.74, 6) is 0.786. The molecule has 1 fully saturated rings. The molecule has 6 heteroatoms. The standard InChI is InChI=1S/C16H24N4O2/c1-3-18(4-2)15(21)13-16(22)20-11-9-19(10-12-20)14-7-5-6-8-17-14/h5-8H,3-4,9-13H2,1-2H3. The van der Waals surface area contributed by atoms with E-state index in [1.165, 1.54) is 0 Å². The van der Waals surface area contributed by atoms with E-state index >= 15 is 0 Å². The van der Waals surface area contributed by atoms with E-state index in [1.807, 2.05) is 32.0 Å². The lowest BCUT2D eigenvalue weighted by molar-refractivity contribution is -0.140. The Labute approximate surface area is 131 Å². The van der Waals surface area contributed by atoms with Gasteiger partial charge in [0.05, 0.1) is 0 Å². The molecule has 2 amide bonds. The van der Waals surface area contributed by atoms with Crippen LogP contribution >= 0.6 is 0 Å². The summed E-state index contributed by atoms with van der Waals surface area (Å²) < 4.78 is 0. The molecule has 1 saturated heterocycles. The minimum Gasteiger partial charge on any atom is -0.353 e. The quantitative estimate of drug-likeness (QED) is 0.761. The third-order valence-corrected chi connectivity index (χ3v) is 4.02. The van der Waals surface area contributed by atoms with E-state index in [0.717, 1.165) is 18.9 Å². The molecule has 6 nitrogen and oxygen atoms in total. The van der Waals surface area contributed by atoms with Crippen molar-refractivity contribution in [3.05, 3.63) is 24.4 Å². The van der Waals surface area contributed by atoms with Gasteiger partial charge in [-0.2, -0.15) is 0 Å². The van der Waals surface area contributed by atoms with E-state index in [4.69, 9.17) is 0 Å². The summed E-state index contributed by atoms with van der Waals surface area (Å²) in [4.78, 5) is 34.2. The molecular formula is C16H24N4O2. The van der Waals surface area contributed by atoms with Crippen molar-refractivity contribution in [1.29, 1.82) is 0 Å². The minimum atomic E-state index is -0.0813. The summed E-state index contributed by atoms with van der Waals surface area (Å²) in [5.41, 5.74) is 0. The van der Waals surface area contributed by atoms with Crippen molar-refractivity contribution in [3.8, 4) is 0 Å². The van der Waals surface area contributed by atoms with E-state index < -0.39 is 0 Å². The Hall–Kier alpha value is -2.11. The van der Waals surface area contributed by atoms with E-state index in [1.54, 1.807) is 16.0 Å². The van der Waals surface area contributed by atoms with Crippen LogP contribution < -0.4 is 4.90 Å². The molecule has 0 aliphatic carbocycles. The molecule has 1 aromatic heterocycles. The van der Waals surface area contributed by atoms with Gasteiger partial charge in [0.25, 0.3) is 0 Å². The van der Waals surface area contributed by atoms with Gasteiger partial charge in [0.15, 0.2) is 0 Å². The number of pyridine rings is 1. The maximum atomic E-state index is 12.2. The summed E-state index contributed by atoms with van der Waals surface area (Å²) in [7, 11) is 0. The molecule has 2 rings (SSSR count). The zero-order valence-electron chi connectivity index (χ0n) is 13.4. The Morgan fingerprint density at radius 1 is 1.14 bits per heavy atom. The topological polar surface area (TPSA) is 56.8 Å². The van der Waals surface area contributed by atoms with Gasteiger partial charge in [-0.25, -0.2) is 4.98 Å². The SMILES string of the molecule is CCN(CC)C(=O)CC(=O)N1CCN(c2ccccn2)CC1. The van der Waals surface area contributed by atoms with E-state index in [2.05, 4.69) is 9.88 Å². The van der Waals surface area contributed by atoms with Crippen molar-refractivity contribution >= 4 is 17.6 Å². The molecule has 120 valence electrons. The molecule has 0 N–H and O–H groups in total. The highest BCUT2D eigenvalue weighted by molar-refractivity contribution is 5.97. The van der Waals surface area contributed by atoms with Gasteiger partial charge in [-0.15, -0.1) is 0 Å². The van der Waals surface area contributed by atoms with Gasteiger partial charge in [-0.05, 0) is 26.0 Å². The van der Waals surface area contributed by atoms with Gasteiger partial charge in [0, 0.05) is 45.5 Å². The van der Waals surface area contributed by atoms with Crippen LogP contribution in [0.1, 0.15) is 20.3 Å². The first kappa shape index (κ1) is 16.3. The van der Waals surface area contributed by atoms with Gasteiger partial charge in [0.1, 0.15) is 12.2 Å². The van der Waals surface area contributed by atoms with Gasteiger partial charge in [0.2, 0.25) is 11.8 Å². The van der Waals surface area contributed by atoms with Crippen molar-refractivity contribution in [2.45, 2.75) is 20.3 Å². The van der Waals surface area contributed by atoms with Crippen molar-refractivity contribution in [2.24, 2.45) is 0 Å². The third-order valence-electron chi connectivity index (χ3n) is 4.02. The summed E-state index contributed by atoms with van der Waals surface area (Å²) in [6, 6.07) is 5.83. The first-order chi connectivity index (χ1) is 10.7. The Bertz CT molecular complexity index is 494. The zero-order valence-corrected chi connectivity index (χ0v) is 13.4. The molecule has 1 aromatic rings. The van der Waals surface area contributed by atoms with Gasteiger partial charge in [-0.1, -0.05) is 6.07 Å². The first-order valence-corrected chi connectivity index (χ1v) is 7.87. The van der Waals surface area contributed by atoms with Gasteiger partial charge >= 0.3 is 0 Å². The highest BCUT2D eigenvalue weighted by atomic mass is 16.2. The second-order valence-corrected chi connectivity index (χ2v) is 5.30. The number of rotatable bonds is 5. The van der Waals surface area contributed by atoms with Gasteiger partial charge < -0.3 is 14.7 Å². The fraction of sp³-hybridized carbons (Fsp3) is 0.562. The Kier molecular flexibility index (Phi) is 5.75. The number of nitrogens with zero attached hydrogens (tertiary/aromatic N) is 4. The Morgan fingerprint density at radius 3 is 2.36 bits per heavy atom. The molecule has 0 unspecified atom stereocenters. The van der Waals surface area contributed by atoms with Crippen molar-refractivity contribution in [1.82, 2.24) is 14.8 Å². The van der Waals surface area contributed by atoms with E-state index in [9.17, 15) is 9.59 Å². The minimum absolute atomic E-state index is 0.0226. The van der Waals surface area contributed by atoms with Crippen molar-refractivity contribution in [2.75, 3.05) is 44.2 Å². The monoisotopic (exact) mass is 304 g/mol. The fourth-order valence-corrected chi connectivity index (χ4v) is 2.66. The molecule has 1 aliphatic rings. The lowest BCUT2D eigenvalue weighted by Crippen LogP contribution is -2.50. The molecule has 0 saturated carbocycles. The highest BCUT2D eigenvalue weighted by Crippen LogP contribution is 2.13. The van der Waals surface area contributed by atoms with E-state index in [-0.39, 0.29) is 18.2 Å². The largest absolute Gasteiger partial charge is 0.353 e. The van der Waals surface area contributed by atoms with Crippen LogP contribution in [-0.2, 0) is 9.59 Å². The molecule has 2 heterocycles. The summed E-state index contributed by atoms with van der Waals surface area (Å²) in [5, 5.41) is 0. The molecular weight excluding hydrogens is 280 g/mol. The van der Waals surface area contributed by atoms with Crippen LogP contribution in [0.3, 0.4) is 0 Å². The van der Waals surface area contributed by atoms with Gasteiger partial charge in [-0.3, -0.25) is 9.59 Å². The Balaban J connectivity index is 1.84. The average molecular weight is 304 g/mol. The van der Waals surface area contributed by atoms with Crippen LogP contribution in [0.15, 0.2) is 24.4 Å². The number of carbonyl (C=O) groups excluding carboxylic acids is 2. The fourth-order valence-electron chi connectivity index (χ4n) is 2.66. The van der Waals surface area contributed by atoms with Crippen LogP contribution in [0.4, 0.5) is 5.82 Å². The van der Waals surface area contributed by atoms with Crippen LogP contribution in [-0.4, -0.2) is 65.9 Å². The number of aromatic nitrogens is 1. The number of hydrogen-bond donors (Lipinski definition) is 0. The number of piperazine rings is 1. The summed E-state index contributed by atoms with van der Waals surface area (Å²) >= 11 is 0. The maximum absolute atomic E-state index is 12.2. The Morgan fingerprint density at radius 2 is 1.82 bits per heavy atom. The first-order valence-electron chi connectivity index (χ1n) is 7.87. The molecule has 0 atom stereocenters. The van der Waals surface area contributed by atoms with Crippen LogP contribution in [0.2, 0.25) is 0 Å². The molecule has 1 aliphatic heterocycles. The number of carbonyl (C=O) groups is 2. The number of amides is 2. The zero-order chi connectivity index (χ0) is 15.9. The molecule has 0 aromatic carbocycles.